The van der Waals surface area contributed by atoms with Crippen LogP contribution >= 0.6 is 0 Å². The number of halogens is 1. The molecule has 0 spiro atoms. The van der Waals surface area contributed by atoms with Gasteiger partial charge in [-0.15, -0.1) is 0 Å². The molecule has 1 fully saturated rings. The minimum atomic E-state index is -0.236. The third kappa shape index (κ3) is 3.13. The van der Waals surface area contributed by atoms with E-state index in [-0.39, 0.29) is 11.8 Å². The van der Waals surface area contributed by atoms with Crippen molar-refractivity contribution in [2.24, 2.45) is 0 Å². The zero-order valence-electron chi connectivity index (χ0n) is 11.9. The van der Waals surface area contributed by atoms with Crippen LogP contribution in [0.15, 0.2) is 42.9 Å². The first-order chi connectivity index (χ1) is 10.7. The fraction of sp³-hybridized carbons (Fsp3) is 0.267. The molecule has 1 aromatic carbocycles. The Morgan fingerprint density at radius 1 is 1.14 bits per heavy atom. The first-order valence-electron chi connectivity index (χ1n) is 7.05. The van der Waals surface area contributed by atoms with Crippen LogP contribution in [0.5, 0.6) is 0 Å². The lowest BCUT2D eigenvalue weighted by Crippen LogP contribution is -2.50. The number of nitrogens with one attached hydrogen (secondary N) is 1. The van der Waals surface area contributed by atoms with Gasteiger partial charge in [0.2, 0.25) is 0 Å². The summed E-state index contributed by atoms with van der Waals surface area (Å²) in [5.41, 5.74) is 0.580. The molecule has 6 nitrogen and oxygen atoms in total. The summed E-state index contributed by atoms with van der Waals surface area (Å²) < 4.78 is 13.8. The van der Waals surface area contributed by atoms with Gasteiger partial charge in [0, 0.05) is 38.6 Å². The van der Waals surface area contributed by atoms with Crippen LogP contribution in [0.1, 0.15) is 0 Å². The van der Waals surface area contributed by atoms with E-state index in [1.54, 1.807) is 23.2 Å². The van der Waals surface area contributed by atoms with Gasteiger partial charge in [-0.1, -0.05) is 12.1 Å². The Hall–Kier alpha value is -2.70. The molecular weight excluding hydrogens is 285 g/mol. The maximum absolute atomic E-state index is 13.8. The topological polar surface area (TPSA) is 61.4 Å². The number of aromatic nitrogens is 2. The number of benzene rings is 1. The SMILES string of the molecule is O=C(Nc1cnccn1)N1CCN(c2ccccc2F)CC1. The Morgan fingerprint density at radius 2 is 1.91 bits per heavy atom. The molecule has 7 heteroatoms. The van der Waals surface area contributed by atoms with E-state index in [4.69, 9.17) is 0 Å². The van der Waals surface area contributed by atoms with Gasteiger partial charge in [0.1, 0.15) is 5.82 Å². The van der Waals surface area contributed by atoms with Gasteiger partial charge in [-0.25, -0.2) is 14.2 Å². The minimum absolute atomic E-state index is 0.214. The van der Waals surface area contributed by atoms with Gasteiger partial charge in [0.05, 0.1) is 11.9 Å². The van der Waals surface area contributed by atoms with E-state index in [0.717, 1.165) is 0 Å². The van der Waals surface area contributed by atoms with Crippen LogP contribution < -0.4 is 10.2 Å². The number of para-hydroxylation sites is 1. The van der Waals surface area contributed by atoms with Crippen molar-refractivity contribution in [2.75, 3.05) is 36.4 Å². The van der Waals surface area contributed by atoms with Crippen LogP contribution in [0.2, 0.25) is 0 Å². The average Bonchev–Trinajstić information content (AvgIpc) is 2.56. The molecule has 22 heavy (non-hydrogen) atoms. The number of carbonyl (C=O) groups excluding carboxylic acids is 1. The van der Waals surface area contributed by atoms with Crippen LogP contribution in [0.25, 0.3) is 0 Å². The standard InChI is InChI=1S/C15H16FN5O/c16-12-3-1-2-4-13(12)20-7-9-21(10-8-20)15(22)19-14-11-17-5-6-18-14/h1-6,11H,7-10H2,(H,18,19,22). The highest BCUT2D eigenvalue weighted by Gasteiger charge is 2.22. The predicted octanol–water partition coefficient (Wildman–Crippen LogP) is 1.97. The first-order valence-corrected chi connectivity index (χ1v) is 7.05. The highest BCUT2D eigenvalue weighted by Crippen LogP contribution is 2.20. The summed E-state index contributed by atoms with van der Waals surface area (Å²) in [4.78, 5) is 23.7. The van der Waals surface area contributed by atoms with Crippen molar-refractivity contribution in [3.63, 3.8) is 0 Å². The first kappa shape index (κ1) is 14.2. The van der Waals surface area contributed by atoms with E-state index < -0.39 is 0 Å². The Bertz CT molecular complexity index is 643. The largest absolute Gasteiger partial charge is 0.366 e. The molecule has 0 atom stereocenters. The molecule has 1 aliphatic rings. The fourth-order valence-corrected chi connectivity index (χ4v) is 2.41. The molecule has 0 radical (unpaired) electrons. The lowest BCUT2D eigenvalue weighted by molar-refractivity contribution is 0.208. The van der Waals surface area contributed by atoms with Crippen molar-refractivity contribution in [1.82, 2.24) is 14.9 Å². The number of hydrogen-bond donors (Lipinski definition) is 1. The molecule has 3 rings (SSSR count). The summed E-state index contributed by atoms with van der Waals surface area (Å²) >= 11 is 0. The van der Waals surface area contributed by atoms with Crippen molar-refractivity contribution < 1.29 is 9.18 Å². The molecule has 1 N–H and O–H groups in total. The molecule has 2 aromatic rings. The van der Waals surface area contributed by atoms with Crippen molar-refractivity contribution >= 4 is 17.5 Å². The number of piperazine rings is 1. The minimum Gasteiger partial charge on any atom is -0.366 e. The lowest BCUT2D eigenvalue weighted by atomic mass is 10.2. The fourth-order valence-electron chi connectivity index (χ4n) is 2.41. The second-order valence-corrected chi connectivity index (χ2v) is 4.95. The van der Waals surface area contributed by atoms with Crippen LogP contribution in [0.3, 0.4) is 0 Å². The number of hydrogen-bond acceptors (Lipinski definition) is 4. The maximum atomic E-state index is 13.8. The van der Waals surface area contributed by atoms with Crippen LogP contribution in [0.4, 0.5) is 20.7 Å². The number of amides is 2. The molecular formula is C15H16FN5O. The van der Waals surface area contributed by atoms with Gasteiger partial charge in [-0.05, 0) is 12.1 Å². The monoisotopic (exact) mass is 301 g/mol. The van der Waals surface area contributed by atoms with Gasteiger partial charge >= 0.3 is 6.03 Å². The Labute approximate surface area is 127 Å². The molecule has 1 aliphatic heterocycles. The third-order valence-electron chi connectivity index (χ3n) is 3.56. The molecule has 0 unspecified atom stereocenters. The van der Waals surface area contributed by atoms with E-state index in [1.165, 1.54) is 18.5 Å². The second-order valence-electron chi connectivity index (χ2n) is 4.95. The quantitative estimate of drug-likeness (QED) is 0.921. The Balaban J connectivity index is 1.58. The Kier molecular flexibility index (Phi) is 4.13. The van der Waals surface area contributed by atoms with Crippen LogP contribution in [-0.4, -0.2) is 47.1 Å². The molecule has 1 saturated heterocycles. The van der Waals surface area contributed by atoms with Gasteiger partial charge in [-0.2, -0.15) is 0 Å². The predicted molar refractivity (Wildman–Crippen MR) is 81.2 cm³/mol. The number of nitrogens with zero attached hydrogens (tertiary/aromatic N) is 4. The molecule has 114 valence electrons. The van der Waals surface area contributed by atoms with E-state index in [2.05, 4.69) is 15.3 Å². The van der Waals surface area contributed by atoms with Crippen molar-refractivity contribution in [3.05, 3.63) is 48.7 Å². The molecule has 0 saturated carbocycles. The summed E-state index contributed by atoms with van der Waals surface area (Å²) in [6.07, 6.45) is 4.56. The number of rotatable bonds is 2. The highest BCUT2D eigenvalue weighted by molar-refractivity contribution is 5.88. The van der Waals surface area contributed by atoms with E-state index in [0.29, 0.717) is 37.7 Å². The van der Waals surface area contributed by atoms with E-state index in [1.807, 2.05) is 11.0 Å². The van der Waals surface area contributed by atoms with Gasteiger partial charge in [-0.3, -0.25) is 10.3 Å². The smallest absolute Gasteiger partial charge is 0.323 e. The van der Waals surface area contributed by atoms with E-state index >= 15 is 0 Å². The van der Waals surface area contributed by atoms with Gasteiger partial charge in [0.15, 0.2) is 5.82 Å². The molecule has 0 bridgehead atoms. The third-order valence-corrected chi connectivity index (χ3v) is 3.56. The number of carbonyl (C=O) groups is 1. The van der Waals surface area contributed by atoms with Crippen molar-refractivity contribution in [2.45, 2.75) is 0 Å². The summed E-state index contributed by atoms with van der Waals surface area (Å²) in [7, 11) is 0. The molecule has 2 heterocycles. The molecule has 2 amide bonds. The van der Waals surface area contributed by atoms with Crippen LogP contribution in [-0.2, 0) is 0 Å². The van der Waals surface area contributed by atoms with E-state index in [9.17, 15) is 9.18 Å². The lowest BCUT2D eigenvalue weighted by Gasteiger charge is -2.36. The molecule has 0 aliphatic carbocycles. The van der Waals surface area contributed by atoms with Gasteiger partial charge < -0.3 is 9.80 Å². The zero-order valence-corrected chi connectivity index (χ0v) is 11.9. The average molecular weight is 301 g/mol. The van der Waals surface area contributed by atoms with Crippen molar-refractivity contribution in [3.8, 4) is 0 Å². The normalized spacial score (nSPS) is 14.8. The number of urea groups is 1. The zero-order chi connectivity index (χ0) is 15.4. The van der Waals surface area contributed by atoms with Crippen LogP contribution in [0, 0.1) is 5.82 Å². The summed E-state index contributed by atoms with van der Waals surface area (Å²) in [5, 5.41) is 2.70. The number of anilines is 2. The maximum Gasteiger partial charge on any atom is 0.323 e. The second kappa shape index (κ2) is 6.38. The Morgan fingerprint density at radius 3 is 2.59 bits per heavy atom. The summed E-state index contributed by atoms with van der Waals surface area (Å²) in [6, 6.07) is 6.47. The summed E-state index contributed by atoms with van der Waals surface area (Å²) in [5.74, 6) is 0.184. The van der Waals surface area contributed by atoms with Crippen molar-refractivity contribution in [1.29, 1.82) is 0 Å². The summed E-state index contributed by atoms with van der Waals surface area (Å²) in [6.45, 7) is 2.24. The highest BCUT2D eigenvalue weighted by atomic mass is 19.1. The molecule has 1 aromatic heterocycles. The van der Waals surface area contributed by atoms with Gasteiger partial charge in [0.25, 0.3) is 0 Å².